The zero-order chi connectivity index (χ0) is 22.1. The van der Waals surface area contributed by atoms with Gasteiger partial charge in [-0.3, -0.25) is 20.2 Å². The smallest absolute Gasteiger partial charge is 0.269 e. The Morgan fingerprint density at radius 3 is 2.19 bits per heavy atom. The Hall–Kier alpha value is -3.66. The standard InChI is InChI=1S/C21H19N5O4S/c22-21(31)24-20(14-6-10-17(11-7-14)26(29)30)18-3-1-2-15(19(18)23-24)12-13-4-8-16(9-5-13)25(27)28/h4-12,18,20H,1-3H2,(H2,22,31)/b15-12+/t18-,20+/m0/s1. The first-order valence-electron chi connectivity index (χ1n) is 9.72. The Bertz CT molecular complexity index is 1110. The maximum Gasteiger partial charge on any atom is 0.269 e. The van der Waals surface area contributed by atoms with Crippen molar-refractivity contribution in [2.24, 2.45) is 16.8 Å². The minimum atomic E-state index is -0.433. The fraction of sp³-hybridized carbons (Fsp3) is 0.238. The van der Waals surface area contributed by atoms with Gasteiger partial charge < -0.3 is 5.73 Å². The quantitative estimate of drug-likeness (QED) is 0.428. The van der Waals surface area contributed by atoms with Crippen LogP contribution in [0.1, 0.15) is 36.4 Å². The molecule has 0 bridgehead atoms. The van der Waals surface area contributed by atoms with Gasteiger partial charge >= 0.3 is 0 Å². The fourth-order valence-electron chi connectivity index (χ4n) is 4.20. The number of nitrogens with two attached hydrogens (primary N) is 1. The maximum atomic E-state index is 11.0. The molecule has 0 unspecified atom stereocenters. The van der Waals surface area contributed by atoms with Gasteiger partial charge in [0.05, 0.1) is 21.6 Å². The van der Waals surface area contributed by atoms with Crippen LogP contribution in [-0.4, -0.2) is 25.7 Å². The number of hydrogen-bond acceptors (Lipinski definition) is 6. The number of hydrogen-bond donors (Lipinski definition) is 1. The molecule has 9 nitrogen and oxygen atoms in total. The topological polar surface area (TPSA) is 128 Å². The Morgan fingerprint density at radius 2 is 1.65 bits per heavy atom. The zero-order valence-electron chi connectivity index (χ0n) is 16.4. The molecular weight excluding hydrogens is 418 g/mol. The minimum absolute atomic E-state index is 0.0205. The van der Waals surface area contributed by atoms with Gasteiger partial charge in [-0.05, 0) is 66.4 Å². The Balaban J connectivity index is 1.68. The van der Waals surface area contributed by atoms with E-state index in [1.807, 2.05) is 6.08 Å². The molecule has 0 radical (unpaired) electrons. The van der Waals surface area contributed by atoms with Crippen molar-refractivity contribution in [2.45, 2.75) is 25.3 Å². The second kappa shape index (κ2) is 8.23. The van der Waals surface area contributed by atoms with E-state index in [9.17, 15) is 20.2 Å². The van der Waals surface area contributed by atoms with Crippen LogP contribution in [0.15, 0.2) is 59.2 Å². The number of nitro groups is 2. The highest BCUT2D eigenvalue weighted by Gasteiger charge is 2.42. The molecule has 31 heavy (non-hydrogen) atoms. The van der Waals surface area contributed by atoms with Crippen molar-refractivity contribution in [1.29, 1.82) is 0 Å². The summed E-state index contributed by atoms with van der Waals surface area (Å²) >= 11 is 5.23. The van der Waals surface area contributed by atoms with E-state index < -0.39 is 9.85 Å². The Labute approximate surface area is 183 Å². The lowest BCUT2D eigenvalue weighted by Gasteiger charge is -2.29. The lowest BCUT2D eigenvalue weighted by molar-refractivity contribution is -0.385. The second-order valence-corrected chi connectivity index (χ2v) is 7.90. The summed E-state index contributed by atoms with van der Waals surface area (Å²) in [5, 5.41) is 28.4. The van der Waals surface area contributed by atoms with Gasteiger partial charge in [-0.15, -0.1) is 0 Å². The summed E-state index contributed by atoms with van der Waals surface area (Å²) in [4.78, 5) is 21.0. The molecule has 0 spiro atoms. The van der Waals surface area contributed by atoms with Crippen LogP contribution < -0.4 is 5.73 Å². The summed E-state index contributed by atoms with van der Waals surface area (Å²) in [6.45, 7) is 0. The van der Waals surface area contributed by atoms with E-state index >= 15 is 0 Å². The molecule has 2 atom stereocenters. The highest BCUT2D eigenvalue weighted by Crippen LogP contribution is 2.44. The molecule has 10 heteroatoms. The molecule has 1 saturated carbocycles. The molecule has 158 valence electrons. The third kappa shape index (κ3) is 4.02. The molecule has 2 aliphatic rings. The number of benzene rings is 2. The second-order valence-electron chi connectivity index (χ2n) is 7.48. The van der Waals surface area contributed by atoms with Crippen molar-refractivity contribution < 1.29 is 9.85 Å². The molecule has 0 aromatic heterocycles. The number of hydrazone groups is 1. The SMILES string of the molecule is NC(=S)N1N=C2/C(=C/c3ccc([N+](=O)[O-])cc3)CCC[C@@H]2[C@H]1c1ccc([N+](=O)[O-])cc1. The number of nitro benzene ring substituents is 2. The van der Waals surface area contributed by atoms with E-state index in [1.54, 1.807) is 29.3 Å². The van der Waals surface area contributed by atoms with Gasteiger partial charge in [0.2, 0.25) is 0 Å². The lowest BCUT2D eigenvalue weighted by atomic mass is 9.77. The van der Waals surface area contributed by atoms with Gasteiger partial charge in [-0.2, -0.15) is 5.10 Å². The van der Waals surface area contributed by atoms with E-state index in [0.717, 1.165) is 41.7 Å². The van der Waals surface area contributed by atoms with Crippen molar-refractivity contribution in [1.82, 2.24) is 5.01 Å². The molecule has 1 aliphatic carbocycles. The highest BCUT2D eigenvalue weighted by molar-refractivity contribution is 7.80. The first-order valence-corrected chi connectivity index (χ1v) is 10.1. The van der Waals surface area contributed by atoms with Crippen LogP contribution in [0.2, 0.25) is 0 Å². The average molecular weight is 437 g/mol. The minimum Gasteiger partial charge on any atom is -0.375 e. The van der Waals surface area contributed by atoms with Gasteiger partial charge in [-0.1, -0.05) is 12.1 Å². The predicted octanol–water partition coefficient (Wildman–Crippen LogP) is 4.34. The van der Waals surface area contributed by atoms with E-state index in [2.05, 4.69) is 0 Å². The molecule has 0 saturated heterocycles. The number of fused-ring (bicyclic) bond motifs is 1. The van der Waals surface area contributed by atoms with E-state index in [0.29, 0.717) is 0 Å². The average Bonchev–Trinajstić information content (AvgIpc) is 3.15. The summed E-state index contributed by atoms with van der Waals surface area (Å²) in [7, 11) is 0. The van der Waals surface area contributed by atoms with E-state index in [-0.39, 0.29) is 28.4 Å². The number of allylic oxidation sites excluding steroid dienone is 1. The lowest BCUT2D eigenvalue weighted by Crippen LogP contribution is -2.34. The number of thiocarbonyl (C=S) groups is 1. The van der Waals surface area contributed by atoms with Crippen molar-refractivity contribution in [3.05, 3.63) is 85.5 Å². The predicted molar refractivity (Wildman–Crippen MR) is 120 cm³/mol. The number of non-ortho nitro benzene ring substituents is 2. The Morgan fingerprint density at radius 1 is 1.06 bits per heavy atom. The Kier molecular flexibility index (Phi) is 5.47. The number of nitrogens with zero attached hydrogens (tertiary/aromatic N) is 4. The molecule has 4 rings (SSSR count). The van der Waals surface area contributed by atoms with Crippen LogP contribution in [0.5, 0.6) is 0 Å². The van der Waals surface area contributed by atoms with Crippen molar-refractivity contribution in [2.75, 3.05) is 0 Å². The molecule has 2 aromatic rings. The summed E-state index contributed by atoms with van der Waals surface area (Å²) in [5.41, 5.74) is 9.66. The van der Waals surface area contributed by atoms with Crippen LogP contribution in [-0.2, 0) is 0 Å². The fourth-order valence-corrected chi connectivity index (χ4v) is 4.36. The summed E-state index contributed by atoms with van der Waals surface area (Å²) < 4.78 is 0. The normalized spacial score (nSPS) is 21.5. The molecule has 1 fully saturated rings. The molecular formula is C21H19N5O4S. The van der Waals surface area contributed by atoms with Gasteiger partial charge in [0.25, 0.3) is 11.4 Å². The van der Waals surface area contributed by atoms with E-state index in [1.165, 1.54) is 24.3 Å². The maximum absolute atomic E-state index is 11.0. The van der Waals surface area contributed by atoms with Crippen molar-refractivity contribution in [3.8, 4) is 0 Å². The van der Waals surface area contributed by atoms with Crippen LogP contribution in [0.4, 0.5) is 11.4 Å². The number of rotatable bonds is 4. The van der Waals surface area contributed by atoms with Gasteiger partial charge in [0, 0.05) is 30.2 Å². The van der Waals surface area contributed by atoms with E-state index in [4.69, 9.17) is 23.1 Å². The molecule has 2 N–H and O–H groups in total. The zero-order valence-corrected chi connectivity index (χ0v) is 17.2. The first kappa shape index (κ1) is 20.6. The molecule has 0 amide bonds. The molecule has 1 heterocycles. The van der Waals surface area contributed by atoms with Crippen LogP contribution in [0, 0.1) is 26.1 Å². The highest BCUT2D eigenvalue weighted by atomic mass is 32.1. The van der Waals surface area contributed by atoms with Crippen LogP contribution in [0.25, 0.3) is 6.08 Å². The van der Waals surface area contributed by atoms with Gasteiger partial charge in [0.15, 0.2) is 5.11 Å². The van der Waals surface area contributed by atoms with Crippen molar-refractivity contribution in [3.63, 3.8) is 0 Å². The first-order chi connectivity index (χ1) is 14.8. The van der Waals surface area contributed by atoms with Gasteiger partial charge in [-0.25, -0.2) is 5.01 Å². The monoisotopic (exact) mass is 437 g/mol. The third-order valence-electron chi connectivity index (χ3n) is 5.62. The van der Waals surface area contributed by atoms with Crippen molar-refractivity contribution >= 4 is 40.5 Å². The van der Waals surface area contributed by atoms with Crippen LogP contribution >= 0.6 is 12.2 Å². The summed E-state index contributed by atoms with van der Waals surface area (Å²) in [6, 6.07) is 12.5. The molecule has 2 aromatic carbocycles. The molecule has 1 aliphatic heterocycles. The van der Waals surface area contributed by atoms with Gasteiger partial charge in [0.1, 0.15) is 0 Å². The largest absolute Gasteiger partial charge is 0.375 e. The summed E-state index contributed by atoms with van der Waals surface area (Å²) in [6.07, 6.45) is 4.64. The third-order valence-corrected chi connectivity index (χ3v) is 5.80. The van der Waals surface area contributed by atoms with Crippen LogP contribution in [0.3, 0.4) is 0 Å². The summed E-state index contributed by atoms with van der Waals surface area (Å²) in [5.74, 6) is 0.0426.